The van der Waals surface area contributed by atoms with Crippen LogP contribution in [0.5, 0.6) is 0 Å². The van der Waals surface area contributed by atoms with Gasteiger partial charge in [0, 0.05) is 35.6 Å². The highest BCUT2D eigenvalue weighted by atomic mass is 35.5. The fourth-order valence-electron chi connectivity index (χ4n) is 2.84. The number of nitro groups is 1. The van der Waals surface area contributed by atoms with E-state index in [0.29, 0.717) is 18.9 Å². The van der Waals surface area contributed by atoms with Gasteiger partial charge >= 0.3 is 0 Å². The molecule has 0 aliphatic carbocycles. The highest BCUT2D eigenvalue weighted by Gasteiger charge is 2.21. The van der Waals surface area contributed by atoms with E-state index in [9.17, 15) is 14.9 Å². The van der Waals surface area contributed by atoms with E-state index >= 15 is 0 Å². The number of ether oxygens (including phenoxy) is 1. The van der Waals surface area contributed by atoms with Gasteiger partial charge in [-0.25, -0.2) is 0 Å². The lowest BCUT2D eigenvalue weighted by atomic mass is 10.1. The number of nitro benzene ring substituents is 1. The topological polar surface area (TPSA) is 84.7 Å². The molecule has 0 spiro atoms. The van der Waals surface area contributed by atoms with Crippen LogP contribution in [0.2, 0.25) is 5.02 Å². The summed E-state index contributed by atoms with van der Waals surface area (Å²) in [5.41, 5.74) is 2.19. The Morgan fingerprint density at radius 2 is 1.96 bits per heavy atom. The van der Waals surface area contributed by atoms with Gasteiger partial charge in [0.1, 0.15) is 5.56 Å². The molecule has 8 heteroatoms. The number of carbonyl (C=O) groups is 1. The number of morpholine rings is 1. The first-order valence-corrected chi connectivity index (χ1v) is 8.52. The monoisotopic (exact) mass is 375 g/mol. The van der Waals surface area contributed by atoms with Crippen LogP contribution in [0.4, 0.5) is 17.1 Å². The van der Waals surface area contributed by atoms with Crippen LogP contribution in [0.1, 0.15) is 15.9 Å². The molecule has 0 saturated carbocycles. The van der Waals surface area contributed by atoms with E-state index in [1.165, 1.54) is 18.2 Å². The van der Waals surface area contributed by atoms with Crippen molar-refractivity contribution in [2.75, 3.05) is 36.5 Å². The lowest BCUT2D eigenvalue weighted by molar-refractivity contribution is -0.385. The second-order valence-corrected chi connectivity index (χ2v) is 6.41. The Bertz CT molecular complexity index is 850. The van der Waals surface area contributed by atoms with Gasteiger partial charge in [0.25, 0.3) is 11.6 Å². The first kappa shape index (κ1) is 18.2. The molecule has 0 radical (unpaired) electrons. The second kappa shape index (κ2) is 7.72. The molecule has 2 aromatic rings. The smallest absolute Gasteiger partial charge is 0.283 e. The van der Waals surface area contributed by atoms with Gasteiger partial charge in [-0.3, -0.25) is 14.9 Å². The minimum absolute atomic E-state index is 0.0314. The summed E-state index contributed by atoms with van der Waals surface area (Å²) >= 11 is 5.79. The molecule has 0 bridgehead atoms. The van der Waals surface area contributed by atoms with E-state index in [-0.39, 0.29) is 16.3 Å². The Hall–Kier alpha value is -2.64. The largest absolute Gasteiger partial charge is 0.378 e. The van der Waals surface area contributed by atoms with Gasteiger partial charge in [0.05, 0.1) is 18.1 Å². The van der Waals surface area contributed by atoms with Crippen molar-refractivity contribution >= 4 is 34.6 Å². The third-order valence-electron chi connectivity index (χ3n) is 4.24. The van der Waals surface area contributed by atoms with Crippen LogP contribution in [-0.4, -0.2) is 37.1 Å². The Balaban J connectivity index is 1.81. The lowest BCUT2D eigenvalue weighted by Gasteiger charge is -2.29. The molecule has 0 atom stereocenters. The maximum atomic E-state index is 12.5. The van der Waals surface area contributed by atoms with E-state index in [1.807, 2.05) is 19.1 Å². The summed E-state index contributed by atoms with van der Waals surface area (Å²) in [6, 6.07) is 9.69. The van der Waals surface area contributed by atoms with Gasteiger partial charge in [0.15, 0.2) is 0 Å². The number of anilines is 2. The summed E-state index contributed by atoms with van der Waals surface area (Å²) in [6.07, 6.45) is 0. The first-order chi connectivity index (χ1) is 12.5. The fourth-order valence-corrected chi connectivity index (χ4v) is 3.01. The van der Waals surface area contributed by atoms with Crippen LogP contribution in [0.15, 0.2) is 36.4 Å². The highest BCUT2D eigenvalue weighted by molar-refractivity contribution is 6.31. The van der Waals surface area contributed by atoms with Gasteiger partial charge in [-0.05, 0) is 42.8 Å². The van der Waals surface area contributed by atoms with Crippen LogP contribution in [0, 0.1) is 17.0 Å². The SMILES string of the molecule is Cc1cc(N2CCOCC2)ccc1NC(=O)c1ccc(Cl)cc1[N+](=O)[O-]. The van der Waals surface area contributed by atoms with Crippen LogP contribution in [-0.2, 0) is 4.74 Å². The van der Waals surface area contributed by atoms with E-state index in [0.717, 1.165) is 24.3 Å². The molecule has 1 heterocycles. The third-order valence-corrected chi connectivity index (χ3v) is 4.47. The predicted octanol–water partition coefficient (Wildman–Crippen LogP) is 3.65. The number of nitrogens with one attached hydrogen (secondary N) is 1. The van der Waals surface area contributed by atoms with E-state index in [2.05, 4.69) is 10.2 Å². The van der Waals surface area contributed by atoms with Crippen LogP contribution in [0.3, 0.4) is 0 Å². The van der Waals surface area contributed by atoms with Gasteiger partial charge in [-0.1, -0.05) is 11.6 Å². The van der Waals surface area contributed by atoms with Crippen molar-refractivity contribution in [1.82, 2.24) is 0 Å². The summed E-state index contributed by atoms with van der Waals surface area (Å²) in [7, 11) is 0. The standard InChI is InChI=1S/C18H18ClN3O4/c1-12-10-14(21-6-8-26-9-7-21)3-5-16(12)20-18(23)15-4-2-13(19)11-17(15)22(24)25/h2-5,10-11H,6-9H2,1H3,(H,20,23). The Labute approximate surface area is 155 Å². The van der Waals surface area contributed by atoms with Crippen molar-refractivity contribution in [3.8, 4) is 0 Å². The predicted molar refractivity (Wildman–Crippen MR) is 100 cm³/mol. The molecule has 1 aliphatic heterocycles. The summed E-state index contributed by atoms with van der Waals surface area (Å²) in [4.78, 5) is 25.3. The van der Waals surface area contributed by atoms with E-state index in [4.69, 9.17) is 16.3 Å². The van der Waals surface area contributed by atoms with E-state index in [1.54, 1.807) is 6.07 Å². The highest BCUT2D eigenvalue weighted by Crippen LogP contribution is 2.27. The van der Waals surface area contributed by atoms with Crippen molar-refractivity contribution < 1.29 is 14.5 Å². The van der Waals surface area contributed by atoms with Crippen molar-refractivity contribution in [1.29, 1.82) is 0 Å². The van der Waals surface area contributed by atoms with Crippen molar-refractivity contribution in [2.45, 2.75) is 6.92 Å². The molecule has 0 aromatic heterocycles. The van der Waals surface area contributed by atoms with Crippen LogP contribution >= 0.6 is 11.6 Å². The molecular weight excluding hydrogens is 358 g/mol. The summed E-state index contributed by atoms with van der Waals surface area (Å²) in [6.45, 7) is 4.91. The Morgan fingerprint density at radius 1 is 1.23 bits per heavy atom. The Kier molecular flexibility index (Phi) is 5.39. The molecule has 1 aliphatic rings. The first-order valence-electron chi connectivity index (χ1n) is 8.14. The molecule has 1 saturated heterocycles. The minimum atomic E-state index is -0.616. The number of rotatable bonds is 4. The van der Waals surface area contributed by atoms with Crippen LogP contribution < -0.4 is 10.2 Å². The van der Waals surface area contributed by atoms with Gasteiger partial charge < -0.3 is 15.0 Å². The zero-order valence-electron chi connectivity index (χ0n) is 14.2. The number of benzene rings is 2. The molecule has 7 nitrogen and oxygen atoms in total. The van der Waals surface area contributed by atoms with Crippen molar-refractivity contribution in [3.63, 3.8) is 0 Å². The minimum Gasteiger partial charge on any atom is -0.378 e. The maximum Gasteiger partial charge on any atom is 0.283 e. The van der Waals surface area contributed by atoms with E-state index < -0.39 is 10.8 Å². The summed E-state index contributed by atoms with van der Waals surface area (Å²) in [5, 5.41) is 14.1. The summed E-state index contributed by atoms with van der Waals surface area (Å²) < 4.78 is 5.35. The lowest BCUT2D eigenvalue weighted by Crippen LogP contribution is -2.36. The number of hydrogen-bond donors (Lipinski definition) is 1. The molecule has 0 unspecified atom stereocenters. The number of carbonyl (C=O) groups excluding carboxylic acids is 1. The summed E-state index contributed by atoms with van der Waals surface area (Å²) in [5.74, 6) is -0.546. The number of amides is 1. The molecular formula is C18H18ClN3O4. The molecule has 26 heavy (non-hydrogen) atoms. The Morgan fingerprint density at radius 3 is 2.62 bits per heavy atom. The fraction of sp³-hybridized carbons (Fsp3) is 0.278. The second-order valence-electron chi connectivity index (χ2n) is 5.97. The molecule has 1 fully saturated rings. The molecule has 3 rings (SSSR count). The number of aryl methyl sites for hydroxylation is 1. The zero-order chi connectivity index (χ0) is 18.7. The van der Waals surface area contributed by atoms with Crippen LogP contribution in [0.25, 0.3) is 0 Å². The average molecular weight is 376 g/mol. The molecule has 2 aromatic carbocycles. The molecule has 1 N–H and O–H groups in total. The molecule has 1 amide bonds. The number of hydrogen-bond acceptors (Lipinski definition) is 5. The van der Waals surface area contributed by atoms with Gasteiger partial charge in [0.2, 0.25) is 0 Å². The third kappa shape index (κ3) is 3.95. The molecule has 136 valence electrons. The number of nitrogens with zero attached hydrogens (tertiary/aromatic N) is 2. The maximum absolute atomic E-state index is 12.5. The van der Waals surface area contributed by atoms with Crippen molar-refractivity contribution in [2.24, 2.45) is 0 Å². The zero-order valence-corrected chi connectivity index (χ0v) is 15.0. The number of halogens is 1. The van der Waals surface area contributed by atoms with Gasteiger partial charge in [-0.2, -0.15) is 0 Å². The van der Waals surface area contributed by atoms with Gasteiger partial charge in [-0.15, -0.1) is 0 Å². The quantitative estimate of drug-likeness (QED) is 0.651. The normalized spacial score (nSPS) is 14.2. The van der Waals surface area contributed by atoms with Crippen molar-refractivity contribution in [3.05, 3.63) is 62.7 Å². The average Bonchev–Trinajstić information content (AvgIpc) is 2.63.